The van der Waals surface area contributed by atoms with Crippen molar-refractivity contribution in [3.63, 3.8) is 0 Å². The zero-order valence-electron chi connectivity index (χ0n) is 7.81. The molecule has 1 aliphatic rings. The van der Waals surface area contributed by atoms with E-state index >= 15 is 0 Å². The maximum atomic E-state index is 11.1. The summed E-state index contributed by atoms with van der Waals surface area (Å²) < 4.78 is 23.7. The number of hydrogen-bond donors (Lipinski definition) is 1. The molecule has 1 saturated heterocycles. The third-order valence-electron chi connectivity index (χ3n) is 2.22. The minimum Gasteiger partial charge on any atom is -0.395 e. The summed E-state index contributed by atoms with van der Waals surface area (Å²) in [7, 11) is -3.02. The quantitative estimate of drug-likeness (QED) is 0.617. The van der Waals surface area contributed by atoms with Gasteiger partial charge in [0, 0.05) is 32.7 Å². The lowest BCUT2D eigenvalue weighted by molar-refractivity contribution is 0.152. The van der Waals surface area contributed by atoms with E-state index in [1.165, 1.54) is 10.6 Å². The second kappa shape index (κ2) is 4.36. The van der Waals surface area contributed by atoms with Gasteiger partial charge in [-0.05, 0) is 0 Å². The number of rotatable bonds is 3. The molecule has 0 saturated carbocycles. The van der Waals surface area contributed by atoms with Crippen LogP contribution in [0, 0.1) is 0 Å². The van der Waals surface area contributed by atoms with Gasteiger partial charge in [-0.15, -0.1) is 0 Å². The van der Waals surface area contributed by atoms with Gasteiger partial charge >= 0.3 is 0 Å². The predicted octanol–water partition coefficient (Wildman–Crippen LogP) is -1.44. The molecule has 78 valence electrons. The highest BCUT2D eigenvalue weighted by molar-refractivity contribution is 7.88. The lowest BCUT2D eigenvalue weighted by Crippen LogP contribution is -2.48. The van der Waals surface area contributed by atoms with Gasteiger partial charge in [-0.2, -0.15) is 4.31 Å². The number of nitrogens with zero attached hydrogens (tertiary/aromatic N) is 2. The van der Waals surface area contributed by atoms with Crippen molar-refractivity contribution in [2.24, 2.45) is 0 Å². The number of aliphatic hydroxyl groups is 1. The van der Waals surface area contributed by atoms with Crippen LogP contribution in [0.15, 0.2) is 0 Å². The van der Waals surface area contributed by atoms with E-state index in [2.05, 4.69) is 4.90 Å². The van der Waals surface area contributed by atoms with Gasteiger partial charge in [-0.1, -0.05) is 0 Å². The Labute approximate surface area is 79.0 Å². The predicted molar refractivity (Wildman–Crippen MR) is 49.9 cm³/mol. The Morgan fingerprint density at radius 2 is 1.77 bits per heavy atom. The lowest BCUT2D eigenvalue weighted by Gasteiger charge is -2.32. The van der Waals surface area contributed by atoms with Crippen LogP contribution < -0.4 is 0 Å². The number of piperazine rings is 1. The van der Waals surface area contributed by atoms with E-state index in [1.807, 2.05) is 0 Å². The normalized spacial score (nSPS) is 22.0. The summed E-state index contributed by atoms with van der Waals surface area (Å²) in [5.41, 5.74) is 0. The van der Waals surface area contributed by atoms with Gasteiger partial charge in [-0.3, -0.25) is 4.90 Å². The summed E-state index contributed by atoms with van der Waals surface area (Å²) in [5, 5.41) is 8.67. The van der Waals surface area contributed by atoms with Crippen molar-refractivity contribution in [2.45, 2.75) is 0 Å². The summed E-state index contributed by atoms with van der Waals surface area (Å²) in [6, 6.07) is 0. The Kier molecular flexibility index (Phi) is 3.66. The van der Waals surface area contributed by atoms with E-state index in [4.69, 9.17) is 5.11 Å². The smallest absolute Gasteiger partial charge is 0.211 e. The monoisotopic (exact) mass is 208 g/mol. The molecule has 0 aromatic heterocycles. The molecule has 1 N–H and O–H groups in total. The van der Waals surface area contributed by atoms with E-state index < -0.39 is 10.0 Å². The molecule has 0 spiro atoms. The minimum atomic E-state index is -3.02. The van der Waals surface area contributed by atoms with Crippen LogP contribution in [0.25, 0.3) is 0 Å². The van der Waals surface area contributed by atoms with Crippen molar-refractivity contribution >= 4 is 10.0 Å². The Balaban J connectivity index is 2.39. The molecule has 0 aromatic carbocycles. The molecule has 0 atom stereocenters. The van der Waals surface area contributed by atoms with Crippen LogP contribution >= 0.6 is 0 Å². The largest absolute Gasteiger partial charge is 0.395 e. The zero-order valence-corrected chi connectivity index (χ0v) is 8.63. The fourth-order valence-electron chi connectivity index (χ4n) is 1.43. The molecule has 13 heavy (non-hydrogen) atoms. The molecule has 0 bridgehead atoms. The Morgan fingerprint density at radius 3 is 2.15 bits per heavy atom. The molecule has 1 fully saturated rings. The number of sulfonamides is 1. The van der Waals surface area contributed by atoms with E-state index in [0.717, 1.165) is 0 Å². The molecule has 6 heteroatoms. The molecule has 1 aliphatic heterocycles. The highest BCUT2D eigenvalue weighted by Gasteiger charge is 2.22. The van der Waals surface area contributed by atoms with Crippen molar-refractivity contribution in [3.8, 4) is 0 Å². The van der Waals surface area contributed by atoms with Crippen LogP contribution in [0.3, 0.4) is 0 Å². The van der Waals surface area contributed by atoms with E-state index in [-0.39, 0.29) is 6.61 Å². The average molecular weight is 208 g/mol. The molecule has 0 aromatic rings. The van der Waals surface area contributed by atoms with Crippen LogP contribution in [-0.2, 0) is 10.0 Å². The van der Waals surface area contributed by atoms with Gasteiger partial charge in [0.05, 0.1) is 12.9 Å². The Bertz CT molecular complexity index is 244. The van der Waals surface area contributed by atoms with Crippen molar-refractivity contribution in [1.29, 1.82) is 0 Å². The van der Waals surface area contributed by atoms with Crippen molar-refractivity contribution in [3.05, 3.63) is 0 Å². The van der Waals surface area contributed by atoms with Crippen LogP contribution in [0.4, 0.5) is 0 Å². The number of aliphatic hydroxyl groups excluding tert-OH is 1. The number of hydrogen-bond acceptors (Lipinski definition) is 4. The van der Waals surface area contributed by atoms with Gasteiger partial charge in [0.15, 0.2) is 0 Å². The fraction of sp³-hybridized carbons (Fsp3) is 1.00. The third kappa shape index (κ3) is 3.22. The zero-order chi connectivity index (χ0) is 9.90. The van der Waals surface area contributed by atoms with Gasteiger partial charge in [0.25, 0.3) is 0 Å². The Hall–Kier alpha value is -0.170. The van der Waals surface area contributed by atoms with Crippen LogP contribution in [0.1, 0.15) is 0 Å². The van der Waals surface area contributed by atoms with Crippen molar-refractivity contribution in [2.75, 3.05) is 45.6 Å². The molecule has 0 aliphatic carbocycles. The first-order valence-electron chi connectivity index (χ1n) is 4.32. The fourth-order valence-corrected chi connectivity index (χ4v) is 2.25. The maximum Gasteiger partial charge on any atom is 0.211 e. The van der Waals surface area contributed by atoms with Crippen molar-refractivity contribution in [1.82, 2.24) is 9.21 Å². The molecule has 1 heterocycles. The van der Waals surface area contributed by atoms with Gasteiger partial charge < -0.3 is 5.11 Å². The lowest BCUT2D eigenvalue weighted by atomic mass is 10.4. The first kappa shape index (κ1) is 10.9. The van der Waals surface area contributed by atoms with Crippen LogP contribution in [0.2, 0.25) is 0 Å². The highest BCUT2D eigenvalue weighted by Crippen LogP contribution is 2.04. The summed E-state index contributed by atoms with van der Waals surface area (Å²) in [6.07, 6.45) is 1.23. The highest BCUT2D eigenvalue weighted by atomic mass is 32.2. The van der Waals surface area contributed by atoms with Crippen molar-refractivity contribution < 1.29 is 13.5 Å². The van der Waals surface area contributed by atoms with Crippen LogP contribution in [-0.4, -0.2) is 68.3 Å². The SMILES string of the molecule is CS(=O)(=O)N1CCN(CCO)CC1. The molecular weight excluding hydrogens is 192 g/mol. The minimum absolute atomic E-state index is 0.138. The summed E-state index contributed by atoms with van der Waals surface area (Å²) in [4.78, 5) is 2.06. The van der Waals surface area contributed by atoms with Crippen LogP contribution in [0.5, 0.6) is 0 Å². The van der Waals surface area contributed by atoms with E-state index in [9.17, 15) is 8.42 Å². The van der Waals surface area contributed by atoms with Gasteiger partial charge in [0.2, 0.25) is 10.0 Å². The molecule has 0 amide bonds. The molecule has 1 rings (SSSR count). The first-order valence-corrected chi connectivity index (χ1v) is 6.17. The summed E-state index contributed by atoms with van der Waals surface area (Å²) in [5.74, 6) is 0. The first-order chi connectivity index (χ1) is 6.04. The standard InChI is InChI=1S/C7H16N2O3S/c1-13(11,12)9-4-2-8(3-5-9)6-7-10/h10H,2-7H2,1H3. The average Bonchev–Trinajstić information content (AvgIpc) is 2.04. The van der Waals surface area contributed by atoms with Gasteiger partial charge in [-0.25, -0.2) is 8.42 Å². The topological polar surface area (TPSA) is 60.9 Å². The van der Waals surface area contributed by atoms with Gasteiger partial charge in [0.1, 0.15) is 0 Å². The third-order valence-corrected chi connectivity index (χ3v) is 3.52. The van der Waals surface area contributed by atoms with E-state index in [0.29, 0.717) is 32.7 Å². The molecular formula is C7H16N2O3S. The summed E-state index contributed by atoms with van der Waals surface area (Å²) >= 11 is 0. The summed E-state index contributed by atoms with van der Waals surface area (Å²) in [6.45, 7) is 3.29. The second-order valence-electron chi connectivity index (χ2n) is 3.23. The maximum absolute atomic E-state index is 11.1. The Morgan fingerprint density at radius 1 is 1.23 bits per heavy atom. The van der Waals surface area contributed by atoms with E-state index in [1.54, 1.807) is 0 Å². The second-order valence-corrected chi connectivity index (χ2v) is 5.21. The molecule has 0 unspecified atom stereocenters. The molecule has 5 nitrogen and oxygen atoms in total. The molecule has 0 radical (unpaired) electrons. The number of β-amino-alcohol motifs (C(OH)–C–C–N with tert-alkyl or cyclic N) is 1.